The second kappa shape index (κ2) is 8.81. The number of carbonyl (C=O) groups is 2. The minimum absolute atomic E-state index is 0.142. The summed E-state index contributed by atoms with van der Waals surface area (Å²) in [6, 6.07) is 10.9. The van der Waals surface area contributed by atoms with E-state index in [1.54, 1.807) is 29.6 Å². The van der Waals surface area contributed by atoms with Crippen molar-refractivity contribution in [2.75, 3.05) is 19.0 Å². The van der Waals surface area contributed by atoms with Crippen molar-refractivity contribution in [3.63, 3.8) is 0 Å². The summed E-state index contributed by atoms with van der Waals surface area (Å²) < 4.78 is 18.7. The molecule has 144 valence electrons. The van der Waals surface area contributed by atoms with Crippen LogP contribution in [0.1, 0.15) is 10.4 Å². The molecule has 0 bridgehead atoms. The molecule has 2 amide bonds. The largest absolute Gasteiger partial charge is 0.494 e. The fourth-order valence-corrected chi connectivity index (χ4v) is 3.27. The number of hydrogen-bond acceptors (Lipinski definition) is 5. The molecule has 0 radical (unpaired) electrons. The molecule has 0 fully saturated rings. The predicted molar refractivity (Wildman–Crippen MR) is 106 cm³/mol. The summed E-state index contributed by atoms with van der Waals surface area (Å²) in [5, 5.41) is 7.57. The minimum Gasteiger partial charge on any atom is -0.494 e. The first kappa shape index (κ1) is 19.8. The maximum Gasteiger partial charge on any atom is 0.251 e. The molecule has 3 rings (SSSR count). The number of rotatable bonds is 6. The molecular weight excluding hydrogens is 405 g/mol. The molecule has 0 aliphatic rings. The topological polar surface area (TPSA) is 80.3 Å². The maximum absolute atomic E-state index is 13.8. The second-order valence-electron chi connectivity index (χ2n) is 5.63. The number of carbonyl (C=O) groups excluding carboxylic acids is 2. The van der Waals surface area contributed by atoms with E-state index in [0.717, 1.165) is 0 Å². The number of benzene rings is 2. The standard InChI is InChI=1S/C19H15ClFN3O3S/c1-27-16-6-5-11(8-14(16)21)15-10-28-19(23-15)24-17(25)9-22-18(26)12-3-2-4-13(20)7-12/h2-8,10H,9H2,1H3,(H,22,26)(H,23,24,25). The lowest BCUT2D eigenvalue weighted by Gasteiger charge is -2.05. The predicted octanol–water partition coefficient (Wildman–Crippen LogP) is 3.98. The molecule has 0 aliphatic carbocycles. The highest BCUT2D eigenvalue weighted by Gasteiger charge is 2.12. The number of hydrogen-bond donors (Lipinski definition) is 2. The van der Waals surface area contributed by atoms with Gasteiger partial charge in [0.25, 0.3) is 5.91 Å². The molecule has 28 heavy (non-hydrogen) atoms. The van der Waals surface area contributed by atoms with Gasteiger partial charge in [-0.15, -0.1) is 11.3 Å². The van der Waals surface area contributed by atoms with Crippen molar-refractivity contribution < 1.29 is 18.7 Å². The molecule has 0 unspecified atom stereocenters. The van der Waals surface area contributed by atoms with Gasteiger partial charge in [-0.1, -0.05) is 17.7 Å². The molecule has 0 atom stereocenters. The summed E-state index contributed by atoms with van der Waals surface area (Å²) in [5.41, 5.74) is 1.44. The molecule has 1 aromatic heterocycles. The number of thiazole rings is 1. The Hall–Kier alpha value is -2.97. The number of aromatic nitrogens is 1. The van der Waals surface area contributed by atoms with E-state index in [0.29, 0.717) is 27.0 Å². The number of nitrogens with zero attached hydrogens (tertiary/aromatic N) is 1. The first-order valence-electron chi connectivity index (χ1n) is 8.09. The van der Waals surface area contributed by atoms with Gasteiger partial charge in [-0.25, -0.2) is 9.37 Å². The van der Waals surface area contributed by atoms with Gasteiger partial charge in [-0.2, -0.15) is 0 Å². The first-order chi connectivity index (χ1) is 13.5. The van der Waals surface area contributed by atoms with E-state index in [-0.39, 0.29) is 12.3 Å². The van der Waals surface area contributed by atoms with Gasteiger partial charge in [-0.05, 0) is 36.4 Å². The molecule has 0 saturated heterocycles. The summed E-state index contributed by atoms with van der Waals surface area (Å²) in [6.07, 6.45) is 0. The van der Waals surface area contributed by atoms with Gasteiger partial charge in [0.2, 0.25) is 5.91 Å². The first-order valence-corrected chi connectivity index (χ1v) is 9.35. The van der Waals surface area contributed by atoms with Crippen LogP contribution in [-0.2, 0) is 4.79 Å². The van der Waals surface area contributed by atoms with Crippen LogP contribution in [0.4, 0.5) is 9.52 Å². The molecule has 3 aromatic rings. The molecule has 1 heterocycles. The van der Waals surface area contributed by atoms with Gasteiger partial charge < -0.3 is 15.4 Å². The molecule has 2 aromatic carbocycles. The van der Waals surface area contributed by atoms with Crippen LogP contribution < -0.4 is 15.4 Å². The van der Waals surface area contributed by atoms with Crippen LogP contribution in [0.25, 0.3) is 11.3 Å². The molecule has 0 saturated carbocycles. The van der Waals surface area contributed by atoms with Crippen LogP contribution >= 0.6 is 22.9 Å². The Morgan fingerprint density at radius 3 is 2.79 bits per heavy atom. The number of methoxy groups -OCH3 is 1. The number of amides is 2. The minimum atomic E-state index is -0.498. The maximum atomic E-state index is 13.8. The lowest BCUT2D eigenvalue weighted by molar-refractivity contribution is -0.115. The van der Waals surface area contributed by atoms with Crippen LogP contribution in [0.3, 0.4) is 0 Å². The summed E-state index contributed by atoms with van der Waals surface area (Å²) in [7, 11) is 1.39. The fourth-order valence-electron chi connectivity index (χ4n) is 2.35. The summed E-state index contributed by atoms with van der Waals surface area (Å²) >= 11 is 7.04. The fraction of sp³-hybridized carbons (Fsp3) is 0.105. The van der Waals surface area contributed by atoms with Crippen molar-refractivity contribution in [3.8, 4) is 17.0 Å². The number of halogens is 2. The Morgan fingerprint density at radius 1 is 1.25 bits per heavy atom. The number of ether oxygens (including phenoxy) is 1. The lowest BCUT2D eigenvalue weighted by Crippen LogP contribution is -2.32. The van der Waals surface area contributed by atoms with E-state index in [2.05, 4.69) is 15.6 Å². The SMILES string of the molecule is COc1ccc(-c2csc(NC(=O)CNC(=O)c3cccc(Cl)c3)n2)cc1F. The average Bonchev–Trinajstić information content (AvgIpc) is 3.14. The number of anilines is 1. The summed E-state index contributed by atoms with van der Waals surface area (Å²) in [6.45, 7) is -0.225. The van der Waals surface area contributed by atoms with Crippen molar-refractivity contribution in [2.24, 2.45) is 0 Å². The smallest absolute Gasteiger partial charge is 0.251 e. The zero-order chi connectivity index (χ0) is 20.1. The third-order valence-corrected chi connectivity index (χ3v) is 4.69. The van der Waals surface area contributed by atoms with E-state index in [4.69, 9.17) is 16.3 Å². The van der Waals surface area contributed by atoms with E-state index in [1.165, 1.54) is 36.6 Å². The van der Waals surface area contributed by atoms with Gasteiger partial charge in [-0.3, -0.25) is 9.59 Å². The normalized spacial score (nSPS) is 10.4. The van der Waals surface area contributed by atoms with Gasteiger partial charge in [0, 0.05) is 21.5 Å². The van der Waals surface area contributed by atoms with Gasteiger partial charge in [0.05, 0.1) is 19.3 Å². The van der Waals surface area contributed by atoms with Crippen LogP contribution in [0.15, 0.2) is 47.8 Å². The van der Waals surface area contributed by atoms with Gasteiger partial charge in [0.15, 0.2) is 16.7 Å². The van der Waals surface area contributed by atoms with E-state index in [1.807, 2.05) is 0 Å². The molecule has 9 heteroatoms. The third kappa shape index (κ3) is 4.85. The molecule has 0 spiro atoms. The molecule has 0 aliphatic heterocycles. The van der Waals surface area contributed by atoms with Crippen molar-refractivity contribution in [3.05, 3.63) is 64.2 Å². The van der Waals surface area contributed by atoms with E-state index >= 15 is 0 Å². The van der Waals surface area contributed by atoms with E-state index < -0.39 is 17.6 Å². The van der Waals surface area contributed by atoms with Crippen molar-refractivity contribution in [1.29, 1.82) is 0 Å². The average molecular weight is 420 g/mol. The lowest BCUT2D eigenvalue weighted by atomic mass is 10.1. The summed E-state index contributed by atoms with van der Waals surface area (Å²) in [5.74, 6) is -1.20. The van der Waals surface area contributed by atoms with Gasteiger partial charge in [0.1, 0.15) is 0 Å². The highest BCUT2D eigenvalue weighted by atomic mass is 35.5. The van der Waals surface area contributed by atoms with Crippen LogP contribution in [0.2, 0.25) is 5.02 Å². The highest BCUT2D eigenvalue weighted by molar-refractivity contribution is 7.14. The van der Waals surface area contributed by atoms with Crippen molar-refractivity contribution in [2.45, 2.75) is 0 Å². The Kier molecular flexibility index (Phi) is 6.23. The van der Waals surface area contributed by atoms with Crippen molar-refractivity contribution >= 4 is 39.9 Å². The zero-order valence-electron chi connectivity index (χ0n) is 14.7. The second-order valence-corrected chi connectivity index (χ2v) is 6.92. The Bertz CT molecular complexity index is 1030. The van der Waals surface area contributed by atoms with Crippen LogP contribution in [0.5, 0.6) is 5.75 Å². The monoisotopic (exact) mass is 419 g/mol. The van der Waals surface area contributed by atoms with E-state index in [9.17, 15) is 14.0 Å². The van der Waals surface area contributed by atoms with Gasteiger partial charge >= 0.3 is 0 Å². The van der Waals surface area contributed by atoms with Crippen LogP contribution in [-0.4, -0.2) is 30.5 Å². The molecular formula is C19H15ClFN3O3S. The molecule has 2 N–H and O–H groups in total. The Labute approximate surface area is 169 Å². The quantitative estimate of drug-likeness (QED) is 0.633. The Morgan fingerprint density at radius 2 is 2.07 bits per heavy atom. The van der Waals surface area contributed by atoms with Crippen molar-refractivity contribution in [1.82, 2.24) is 10.3 Å². The van der Waals surface area contributed by atoms with Crippen LogP contribution in [0, 0.1) is 5.82 Å². The molecule has 6 nitrogen and oxygen atoms in total. The zero-order valence-corrected chi connectivity index (χ0v) is 16.2. The third-order valence-electron chi connectivity index (χ3n) is 3.69. The Balaban J connectivity index is 1.58. The number of nitrogens with one attached hydrogen (secondary N) is 2. The highest BCUT2D eigenvalue weighted by Crippen LogP contribution is 2.28. The summed E-state index contributed by atoms with van der Waals surface area (Å²) in [4.78, 5) is 28.3.